The van der Waals surface area contributed by atoms with Gasteiger partial charge in [-0.15, -0.1) is 11.3 Å². The van der Waals surface area contributed by atoms with E-state index in [0.29, 0.717) is 17.9 Å². The molecule has 0 fully saturated rings. The van der Waals surface area contributed by atoms with E-state index in [2.05, 4.69) is 0 Å². The second-order valence-electron chi connectivity index (χ2n) is 5.17. The van der Waals surface area contributed by atoms with Crippen LogP contribution in [0.3, 0.4) is 0 Å². The van der Waals surface area contributed by atoms with Crippen molar-refractivity contribution in [1.29, 1.82) is 0 Å². The van der Waals surface area contributed by atoms with Gasteiger partial charge in [0.1, 0.15) is 5.75 Å². The van der Waals surface area contributed by atoms with Crippen LogP contribution in [0.2, 0.25) is 0 Å². The van der Waals surface area contributed by atoms with Gasteiger partial charge in [0.25, 0.3) is 5.91 Å². The largest absolute Gasteiger partial charge is 0.496 e. The molecule has 0 N–H and O–H groups in total. The van der Waals surface area contributed by atoms with Crippen molar-refractivity contribution in [2.24, 2.45) is 0 Å². The molecule has 0 bridgehead atoms. The maximum absolute atomic E-state index is 13.0. The number of benzene rings is 1. The zero-order chi connectivity index (χ0) is 16.4. The van der Waals surface area contributed by atoms with Crippen LogP contribution in [0.1, 0.15) is 26.8 Å². The molecule has 5 nitrogen and oxygen atoms in total. The third-order valence-corrected chi connectivity index (χ3v) is 4.99. The number of methoxy groups -OCH3 is 2. The maximum atomic E-state index is 13.0. The molecule has 0 aliphatic carbocycles. The van der Waals surface area contributed by atoms with Crippen molar-refractivity contribution in [2.45, 2.75) is 12.5 Å². The van der Waals surface area contributed by atoms with Gasteiger partial charge >= 0.3 is 5.97 Å². The SMILES string of the molecule is COC(=O)C1c2ccsc2CCN1C(=O)c1ccccc1OC. The van der Waals surface area contributed by atoms with Crippen molar-refractivity contribution in [3.05, 3.63) is 51.7 Å². The second kappa shape index (κ2) is 6.42. The van der Waals surface area contributed by atoms with E-state index in [1.807, 2.05) is 11.4 Å². The van der Waals surface area contributed by atoms with Gasteiger partial charge in [-0.25, -0.2) is 4.79 Å². The van der Waals surface area contributed by atoms with Crippen LogP contribution in [-0.4, -0.2) is 37.5 Å². The summed E-state index contributed by atoms with van der Waals surface area (Å²) in [5.74, 6) is -0.153. The van der Waals surface area contributed by atoms with Gasteiger partial charge in [0, 0.05) is 11.4 Å². The summed E-state index contributed by atoms with van der Waals surface area (Å²) in [6, 6.07) is 8.22. The third kappa shape index (κ3) is 2.70. The summed E-state index contributed by atoms with van der Waals surface area (Å²) < 4.78 is 10.2. The Kier molecular flexibility index (Phi) is 4.34. The Labute approximate surface area is 138 Å². The number of thiophene rings is 1. The number of carbonyl (C=O) groups is 2. The molecule has 1 aliphatic heterocycles. The van der Waals surface area contributed by atoms with Crippen LogP contribution in [0.5, 0.6) is 5.75 Å². The smallest absolute Gasteiger partial charge is 0.333 e. The van der Waals surface area contributed by atoms with Crippen molar-refractivity contribution >= 4 is 23.2 Å². The van der Waals surface area contributed by atoms with Gasteiger partial charge in [-0.2, -0.15) is 0 Å². The number of hydrogen-bond donors (Lipinski definition) is 0. The predicted molar refractivity (Wildman–Crippen MR) is 86.8 cm³/mol. The predicted octanol–water partition coefficient (Wildman–Crippen LogP) is 2.67. The number of ether oxygens (including phenoxy) is 2. The Balaban J connectivity index is 2.01. The molecular weight excluding hydrogens is 314 g/mol. The Bertz CT molecular complexity index is 740. The molecule has 1 atom stereocenters. The highest BCUT2D eigenvalue weighted by Gasteiger charge is 2.38. The molecule has 1 aromatic carbocycles. The summed E-state index contributed by atoms with van der Waals surface area (Å²) in [6.45, 7) is 0.476. The fourth-order valence-electron chi connectivity index (χ4n) is 2.88. The molecule has 1 aliphatic rings. The molecule has 0 saturated heterocycles. The lowest BCUT2D eigenvalue weighted by atomic mass is 9.98. The number of carbonyl (C=O) groups excluding carboxylic acids is 2. The molecule has 3 rings (SSSR count). The standard InChI is InChI=1S/C17H17NO4S/c1-21-13-6-4-3-5-11(13)16(19)18-9-7-14-12(8-10-23-14)15(18)17(20)22-2/h3-6,8,10,15H,7,9H2,1-2H3. The van der Waals surface area contributed by atoms with E-state index in [1.165, 1.54) is 14.2 Å². The number of fused-ring (bicyclic) bond motifs is 1. The summed E-state index contributed by atoms with van der Waals surface area (Å²) in [6.07, 6.45) is 0.737. The van der Waals surface area contributed by atoms with Crippen LogP contribution in [0.4, 0.5) is 0 Å². The molecular formula is C17H17NO4S. The first-order chi connectivity index (χ1) is 11.2. The van der Waals surface area contributed by atoms with Gasteiger partial charge in [0.05, 0.1) is 19.8 Å². The monoisotopic (exact) mass is 331 g/mol. The van der Waals surface area contributed by atoms with Gasteiger partial charge in [0.15, 0.2) is 6.04 Å². The molecule has 1 amide bonds. The Morgan fingerprint density at radius 1 is 1.22 bits per heavy atom. The summed E-state index contributed by atoms with van der Waals surface area (Å²) in [5.41, 5.74) is 1.30. The van der Waals surface area contributed by atoms with Crippen LogP contribution in [0.25, 0.3) is 0 Å². The maximum Gasteiger partial charge on any atom is 0.333 e. The lowest BCUT2D eigenvalue weighted by Crippen LogP contribution is -2.43. The van der Waals surface area contributed by atoms with Crippen molar-refractivity contribution in [1.82, 2.24) is 4.90 Å². The highest BCUT2D eigenvalue weighted by atomic mass is 32.1. The van der Waals surface area contributed by atoms with Gasteiger partial charge in [-0.1, -0.05) is 12.1 Å². The lowest BCUT2D eigenvalue weighted by Gasteiger charge is -2.34. The zero-order valence-electron chi connectivity index (χ0n) is 12.9. The number of rotatable bonds is 3. The Morgan fingerprint density at radius 3 is 2.74 bits per heavy atom. The molecule has 23 heavy (non-hydrogen) atoms. The average molecular weight is 331 g/mol. The first-order valence-corrected chi connectivity index (χ1v) is 8.13. The zero-order valence-corrected chi connectivity index (χ0v) is 13.8. The van der Waals surface area contributed by atoms with E-state index in [-0.39, 0.29) is 5.91 Å². The van der Waals surface area contributed by atoms with Crippen LogP contribution < -0.4 is 4.74 Å². The van der Waals surface area contributed by atoms with Crippen molar-refractivity contribution < 1.29 is 19.1 Å². The molecule has 1 unspecified atom stereocenters. The Morgan fingerprint density at radius 2 is 2.00 bits per heavy atom. The number of nitrogens with zero attached hydrogens (tertiary/aromatic N) is 1. The Hall–Kier alpha value is -2.34. The van der Waals surface area contributed by atoms with Gasteiger partial charge < -0.3 is 14.4 Å². The number of amides is 1. The minimum Gasteiger partial charge on any atom is -0.496 e. The van der Waals surface area contributed by atoms with Crippen molar-refractivity contribution in [3.63, 3.8) is 0 Å². The number of hydrogen-bond acceptors (Lipinski definition) is 5. The summed E-state index contributed by atoms with van der Waals surface area (Å²) in [7, 11) is 2.87. The highest BCUT2D eigenvalue weighted by molar-refractivity contribution is 7.10. The molecule has 1 aromatic heterocycles. The van der Waals surface area contributed by atoms with Crippen LogP contribution in [-0.2, 0) is 16.0 Å². The molecule has 2 heterocycles. The average Bonchev–Trinajstić information content (AvgIpc) is 3.08. The van der Waals surface area contributed by atoms with Gasteiger partial charge in [0.2, 0.25) is 0 Å². The highest BCUT2D eigenvalue weighted by Crippen LogP contribution is 2.35. The molecule has 0 saturated carbocycles. The quantitative estimate of drug-likeness (QED) is 0.812. The minimum absolute atomic E-state index is 0.227. The number of para-hydroxylation sites is 1. The van der Waals surface area contributed by atoms with E-state index in [1.54, 1.807) is 40.5 Å². The van der Waals surface area contributed by atoms with Crippen LogP contribution >= 0.6 is 11.3 Å². The normalized spacial score (nSPS) is 16.6. The first-order valence-electron chi connectivity index (χ1n) is 7.25. The molecule has 6 heteroatoms. The summed E-state index contributed by atoms with van der Waals surface area (Å²) in [4.78, 5) is 28.0. The van der Waals surface area contributed by atoms with E-state index in [4.69, 9.17) is 9.47 Å². The van der Waals surface area contributed by atoms with Crippen molar-refractivity contribution in [3.8, 4) is 5.75 Å². The fourth-order valence-corrected chi connectivity index (χ4v) is 3.78. The molecule has 120 valence electrons. The second-order valence-corrected chi connectivity index (χ2v) is 6.17. The van der Waals surface area contributed by atoms with Crippen LogP contribution in [0.15, 0.2) is 35.7 Å². The van der Waals surface area contributed by atoms with Crippen molar-refractivity contribution in [2.75, 3.05) is 20.8 Å². The third-order valence-electron chi connectivity index (χ3n) is 3.99. The van der Waals surface area contributed by atoms with Gasteiger partial charge in [-0.3, -0.25) is 4.79 Å². The van der Waals surface area contributed by atoms with E-state index >= 15 is 0 Å². The number of esters is 1. The summed E-state index contributed by atoms with van der Waals surface area (Å²) in [5, 5.41) is 1.94. The van der Waals surface area contributed by atoms with Crippen LogP contribution in [0, 0.1) is 0 Å². The van der Waals surface area contributed by atoms with E-state index < -0.39 is 12.0 Å². The fraction of sp³-hybridized carbons (Fsp3) is 0.294. The molecule has 0 radical (unpaired) electrons. The topological polar surface area (TPSA) is 55.8 Å². The van der Waals surface area contributed by atoms with Gasteiger partial charge in [-0.05, 0) is 35.6 Å². The molecule has 0 spiro atoms. The van der Waals surface area contributed by atoms with E-state index in [9.17, 15) is 9.59 Å². The molecule has 2 aromatic rings. The van der Waals surface area contributed by atoms with E-state index in [0.717, 1.165) is 16.9 Å². The minimum atomic E-state index is -0.701. The first kappa shape index (κ1) is 15.6. The lowest BCUT2D eigenvalue weighted by molar-refractivity contribution is -0.146. The summed E-state index contributed by atoms with van der Waals surface area (Å²) >= 11 is 1.60.